The van der Waals surface area contributed by atoms with Gasteiger partial charge in [-0.1, -0.05) is 25.2 Å². The quantitative estimate of drug-likeness (QED) is 0.879. The van der Waals surface area contributed by atoms with Crippen LogP contribution in [0.2, 0.25) is 0 Å². The minimum Gasteiger partial charge on any atom is -0.373 e. The van der Waals surface area contributed by atoms with Crippen LogP contribution >= 0.6 is 11.3 Å². The molecule has 1 saturated heterocycles. The highest BCUT2D eigenvalue weighted by molar-refractivity contribution is 7.15. The molecule has 1 aromatic heterocycles. The van der Waals surface area contributed by atoms with Crippen molar-refractivity contribution in [3.8, 4) is 0 Å². The highest BCUT2D eigenvalue weighted by Crippen LogP contribution is 2.21. The summed E-state index contributed by atoms with van der Waals surface area (Å²) in [5, 5.41) is 13.7. The van der Waals surface area contributed by atoms with E-state index in [2.05, 4.69) is 36.3 Å². The van der Waals surface area contributed by atoms with Crippen LogP contribution in [0.3, 0.4) is 0 Å². The van der Waals surface area contributed by atoms with E-state index >= 15 is 0 Å². The zero-order chi connectivity index (χ0) is 12.3. The predicted octanol–water partition coefficient (Wildman–Crippen LogP) is 2.72. The maximum Gasteiger partial charge on any atom is 0.205 e. The minimum atomic E-state index is 0.336. The normalized spacial score (nSPS) is 24.5. The third-order valence-corrected chi connectivity index (χ3v) is 3.75. The van der Waals surface area contributed by atoms with E-state index < -0.39 is 0 Å². The molecule has 96 valence electrons. The molecule has 1 fully saturated rings. The number of nitrogens with zero attached hydrogens (tertiary/aromatic N) is 2. The molecule has 0 bridgehead atoms. The topological polar surface area (TPSA) is 47.0 Å². The fourth-order valence-electron chi connectivity index (χ4n) is 1.99. The lowest BCUT2D eigenvalue weighted by atomic mass is 10.1. The van der Waals surface area contributed by atoms with Gasteiger partial charge in [-0.3, -0.25) is 0 Å². The first kappa shape index (κ1) is 12.8. The van der Waals surface area contributed by atoms with Gasteiger partial charge in [-0.2, -0.15) is 0 Å². The molecule has 1 aliphatic rings. The van der Waals surface area contributed by atoms with Gasteiger partial charge in [-0.25, -0.2) is 0 Å². The van der Waals surface area contributed by atoms with Crippen LogP contribution in [0.4, 0.5) is 5.13 Å². The summed E-state index contributed by atoms with van der Waals surface area (Å²) in [6.07, 6.45) is 4.07. The molecule has 0 spiro atoms. The molecule has 1 aromatic rings. The lowest BCUT2D eigenvalue weighted by molar-refractivity contribution is 0.0637. The molecule has 0 saturated carbocycles. The molecule has 4 nitrogen and oxygen atoms in total. The van der Waals surface area contributed by atoms with Crippen LogP contribution in [0.25, 0.3) is 0 Å². The third-order valence-electron chi connectivity index (χ3n) is 2.85. The Kier molecular flexibility index (Phi) is 4.34. The smallest absolute Gasteiger partial charge is 0.205 e. The Balaban J connectivity index is 1.77. The number of hydrogen-bond acceptors (Lipinski definition) is 5. The molecule has 17 heavy (non-hydrogen) atoms. The number of hydrogen-bond donors (Lipinski definition) is 1. The molecule has 0 aliphatic carbocycles. The lowest BCUT2D eigenvalue weighted by Gasteiger charge is -2.10. The first-order valence-corrected chi connectivity index (χ1v) is 7.17. The zero-order valence-corrected chi connectivity index (χ0v) is 11.6. The van der Waals surface area contributed by atoms with Crippen molar-refractivity contribution in [3.05, 3.63) is 5.01 Å². The summed E-state index contributed by atoms with van der Waals surface area (Å²) in [5.41, 5.74) is 0. The van der Waals surface area contributed by atoms with E-state index in [0.29, 0.717) is 18.1 Å². The van der Waals surface area contributed by atoms with Crippen molar-refractivity contribution < 1.29 is 4.74 Å². The number of ether oxygens (including phenoxy) is 1. The molecule has 2 heterocycles. The molecule has 2 rings (SSSR count). The number of nitrogens with one attached hydrogen (secondary N) is 1. The lowest BCUT2D eigenvalue weighted by Crippen LogP contribution is -2.19. The molecule has 0 radical (unpaired) electrons. The molecule has 2 atom stereocenters. The molecule has 0 amide bonds. The number of rotatable bonds is 5. The van der Waals surface area contributed by atoms with Gasteiger partial charge in [-0.15, -0.1) is 10.2 Å². The summed E-state index contributed by atoms with van der Waals surface area (Å²) in [4.78, 5) is 0. The van der Waals surface area contributed by atoms with Crippen LogP contribution in [-0.4, -0.2) is 29.0 Å². The van der Waals surface area contributed by atoms with Gasteiger partial charge in [0, 0.05) is 13.0 Å². The van der Waals surface area contributed by atoms with E-state index in [4.69, 9.17) is 4.74 Å². The number of aromatic nitrogens is 2. The Morgan fingerprint density at radius 3 is 2.88 bits per heavy atom. The van der Waals surface area contributed by atoms with Crippen LogP contribution < -0.4 is 5.32 Å². The van der Waals surface area contributed by atoms with Gasteiger partial charge >= 0.3 is 0 Å². The van der Waals surface area contributed by atoms with Crippen molar-refractivity contribution in [1.82, 2.24) is 10.2 Å². The van der Waals surface area contributed by atoms with Gasteiger partial charge in [0.05, 0.1) is 12.2 Å². The molecule has 2 unspecified atom stereocenters. The van der Waals surface area contributed by atoms with Gasteiger partial charge in [-0.05, 0) is 25.7 Å². The highest BCUT2D eigenvalue weighted by Gasteiger charge is 2.21. The second kappa shape index (κ2) is 5.78. The molecule has 1 aliphatic heterocycles. The largest absolute Gasteiger partial charge is 0.373 e. The van der Waals surface area contributed by atoms with Gasteiger partial charge < -0.3 is 10.1 Å². The summed E-state index contributed by atoms with van der Waals surface area (Å²) in [6.45, 7) is 7.37. The van der Waals surface area contributed by atoms with Gasteiger partial charge in [0.1, 0.15) is 5.01 Å². The fraction of sp³-hybridized carbons (Fsp3) is 0.833. The monoisotopic (exact) mass is 255 g/mol. The van der Waals surface area contributed by atoms with Gasteiger partial charge in [0.15, 0.2) is 0 Å². The van der Waals surface area contributed by atoms with E-state index in [-0.39, 0.29) is 0 Å². The van der Waals surface area contributed by atoms with Crippen LogP contribution in [0, 0.1) is 5.92 Å². The summed E-state index contributed by atoms with van der Waals surface area (Å²) < 4.78 is 5.75. The Hall–Kier alpha value is -0.680. The molecule has 5 heteroatoms. The second-order valence-electron chi connectivity index (χ2n) is 5.13. The van der Waals surface area contributed by atoms with Gasteiger partial charge in [0.25, 0.3) is 0 Å². The Morgan fingerprint density at radius 1 is 1.41 bits per heavy atom. The van der Waals surface area contributed by atoms with Crippen LogP contribution in [0.15, 0.2) is 0 Å². The average molecular weight is 255 g/mol. The first-order valence-electron chi connectivity index (χ1n) is 6.35. The third kappa shape index (κ3) is 3.92. The SMILES string of the molecule is CC(C)Cc1nnc(NCC2CCC(C)O2)s1. The first-order chi connectivity index (χ1) is 8.13. The van der Waals surface area contributed by atoms with Crippen molar-refractivity contribution in [1.29, 1.82) is 0 Å². The number of anilines is 1. The Morgan fingerprint density at radius 2 is 2.24 bits per heavy atom. The van der Waals surface area contributed by atoms with Crippen LogP contribution in [0.5, 0.6) is 0 Å². The maximum absolute atomic E-state index is 5.75. The maximum atomic E-state index is 5.75. The molecule has 0 aromatic carbocycles. The highest BCUT2D eigenvalue weighted by atomic mass is 32.1. The summed E-state index contributed by atoms with van der Waals surface area (Å²) >= 11 is 1.66. The van der Waals surface area contributed by atoms with E-state index in [1.54, 1.807) is 11.3 Å². The van der Waals surface area contributed by atoms with E-state index in [1.165, 1.54) is 6.42 Å². The van der Waals surface area contributed by atoms with Crippen molar-refractivity contribution in [3.63, 3.8) is 0 Å². The van der Waals surface area contributed by atoms with Crippen molar-refractivity contribution in [2.45, 2.75) is 52.2 Å². The Labute approximate surface area is 107 Å². The van der Waals surface area contributed by atoms with Gasteiger partial charge in [0.2, 0.25) is 5.13 Å². The summed E-state index contributed by atoms with van der Waals surface area (Å²) in [5.74, 6) is 0.634. The van der Waals surface area contributed by atoms with E-state index in [1.807, 2.05) is 0 Å². The predicted molar refractivity (Wildman–Crippen MR) is 70.5 cm³/mol. The molecule has 1 N–H and O–H groups in total. The molecular formula is C12H21N3OS. The van der Waals surface area contributed by atoms with E-state index in [9.17, 15) is 0 Å². The Bertz CT molecular complexity index is 353. The fourth-order valence-corrected chi connectivity index (χ4v) is 2.95. The molecular weight excluding hydrogens is 234 g/mol. The summed E-state index contributed by atoms with van der Waals surface area (Å²) in [7, 11) is 0. The van der Waals surface area contributed by atoms with E-state index in [0.717, 1.165) is 29.5 Å². The second-order valence-corrected chi connectivity index (χ2v) is 6.19. The average Bonchev–Trinajstić information content (AvgIpc) is 2.84. The zero-order valence-electron chi connectivity index (χ0n) is 10.8. The van der Waals surface area contributed by atoms with Crippen LogP contribution in [0.1, 0.15) is 38.6 Å². The minimum absolute atomic E-state index is 0.336. The standard InChI is InChI=1S/C12H21N3OS/c1-8(2)6-11-14-15-12(17-11)13-7-10-5-4-9(3)16-10/h8-10H,4-7H2,1-3H3,(H,13,15). The van der Waals surface area contributed by atoms with Crippen molar-refractivity contribution in [2.75, 3.05) is 11.9 Å². The van der Waals surface area contributed by atoms with Crippen LogP contribution in [-0.2, 0) is 11.2 Å². The summed E-state index contributed by atoms with van der Waals surface area (Å²) in [6, 6.07) is 0. The van der Waals surface area contributed by atoms with Crippen molar-refractivity contribution >= 4 is 16.5 Å². The van der Waals surface area contributed by atoms with Crippen molar-refractivity contribution in [2.24, 2.45) is 5.92 Å².